The van der Waals surface area contributed by atoms with Crippen LogP contribution in [0.2, 0.25) is 0 Å². The third-order valence-corrected chi connectivity index (χ3v) is 6.80. The lowest BCUT2D eigenvalue weighted by Crippen LogP contribution is -2.44. The van der Waals surface area contributed by atoms with E-state index in [1.54, 1.807) is 65.6 Å². The standard InChI is InChI=1S/C29H27NO6/c31-27(20-10-4-1-5-11-20)35-25-16-22-18-30(29(33)34-24-14-8-3-9-15-24)19-23(22)17-26(25)36-28(32)21-12-6-2-7-13-21/h1-15,22-23,25-26H,16-19H2/t22-,23+,25+,26-. The third-order valence-electron chi connectivity index (χ3n) is 6.80. The lowest BCUT2D eigenvalue weighted by Gasteiger charge is -2.36. The van der Waals surface area contributed by atoms with Crippen molar-refractivity contribution in [3.05, 3.63) is 102 Å². The van der Waals surface area contributed by atoms with Gasteiger partial charge >= 0.3 is 18.0 Å². The number of para-hydroxylation sites is 1. The molecule has 2 aliphatic rings. The van der Waals surface area contributed by atoms with Crippen LogP contribution in [-0.2, 0) is 9.47 Å². The van der Waals surface area contributed by atoms with Gasteiger partial charge in [0.05, 0.1) is 11.1 Å². The van der Waals surface area contributed by atoms with Gasteiger partial charge in [0, 0.05) is 13.1 Å². The van der Waals surface area contributed by atoms with Gasteiger partial charge in [-0.3, -0.25) is 0 Å². The largest absolute Gasteiger partial charge is 0.455 e. The smallest absolute Gasteiger partial charge is 0.415 e. The van der Waals surface area contributed by atoms with Gasteiger partial charge in [0.1, 0.15) is 18.0 Å². The maximum Gasteiger partial charge on any atom is 0.415 e. The second-order valence-electron chi connectivity index (χ2n) is 9.20. The molecule has 0 N–H and O–H groups in total. The molecule has 184 valence electrons. The Morgan fingerprint density at radius 3 is 1.47 bits per heavy atom. The van der Waals surface area contributed by atoms with Gasteiger partial charge in [-0.15, -0.1) is 0 Å². The first kappa shape index (κ1) is 23.6. The van der Waals surface area contributed by atoms with Crippen LogP contribution in [0.5, 0.6) is 5.75 Å². The molecule has 0 aromatic heterocycles. The highest BCUT2D eigenvalue weighted by atomic mass is 16.6. The molecular weight excluding hydrogens is 458 g/mol. The van der Waals surface area contributed by atoms with Crippen LogP contribution in [0.4, 0.5) is 4.79 Å². The summed E-state index contributed by atoms with van der Waals surface area (Å²) in [6.45, 7) is 0.990. The van der Waals surface area contributed by atoms with E-state index in [4.69, 9.17) is 14.2 Å². The predicted octanol–water partition coefficient (Wildman–Crippen LogP) is 4.98. The lowest BCUT2D eigenvalue weighted by atomic mass is 9.78. The summed E-state index contributed by atoms with van der Waals surface area (Å²) in [5, 5.41) is 0. The first-order valence-electron chi connectivity index (χ1n) is 12.1. The van der Waals surface area contributed by atoms with E-state index in [9.17, 15) is 14.4 Å². The van der Waals surface area contributed by atoms with Crippen LogP contribution >= 0.6 is 0 Å². The van der Waals surface area contributed by atoms with Crippen molar-refractivity contribution in [1.82, 2.24) is 4.90 Å². The van der Waals surface area contributed by atoms with Crippen molar-refractivity contribution >= 4 is 18.0 Å². The second kappa shape index (κ2) is 10.6. The molecule has 1 saturated heterocycles. The van der Waals surface area contributed by atoms with Crippen molar-refractivity contribution in [2.75, 3.05) is 13.1 Å². The van der Waals surface area contributed by atoms with Crippen LogP contribution < -0.4 is 4.74 Å². The van der Waals surface area contributed by atoms with Crippen molar-refractivity contribution in [3.8, 4) is 5.75 Å². The van der Waals surface area contributed by atoms with Crippen LogP contribution in [0.15, 0.2) is 91.0 Å². The molecule has 2 fully saturated rings. The molecule has 5 rings (SSSR count). The molecule has 0 bridgehead atoms. The second-order valence-corrected chi connectivity index (χ2v) is 9.20. The van der Waals surface area contributed by atoms with E-state index in [0.29, 0.717) is 42.8 Å². The van der Waals surface area contributed by atoms with E-state index in [2.05, 4.69) is 0 Å². The molecule has 4 atom stereocenters. The average molecular weight is 486 g/mol. The van der Waals surface area contributed by atoms with E-state index in [0.717, 1.165) is 0 Å². The van der Waals surface area contributed by atoms with E-state index in [1.165, 1.54) is 0 Å². The van der Waals surface area contributed by atoms with Crippen LogP contribution in [0.3, 0.4) is 0 Å². The topological polar surface area (TPSA) is 82.1 Å². The first-order valence-corrected chi connectivity index (χ1v) is 12.1. The Hall–Kier alpha value is -4.13. The summed E-state index contributed by atoms with van der Waals surface area (Å²) in [7, 11) is 0. The SMILES string of the molecule is O=C(O[C@H]1C[C@@H]2CN(C(=O)Oc3ccccc3)C[C@@H]2C[C@H]1OC(=O)c1ccccc1)c1ccccc1. The minimum atomic E-state index is -0.614. The molecule has 0 unspecified atom stereocenters. The summed E-state index contributed by atoms with van der Waals surface area (Å²) in [5.41, 5.74) is 0.875. The zero-order valence-corrected chi connectivity index (χ0v) is 19.7. The highest BCUT2D eigenvalue weighted by Gasteiger charge is 2.47. The maximum absolute atomic E-state index is 12.8. The number of ether oxygens (including phenoxy) is 3. The van der Waals surface area contributed by atoms with E-state index >= 15 is 0 Å². The molecule has 36 heavy (non-hydrogen) atoms. The molecule has 1 aliphatic heterocycles. The third kappa shape index (κ3) is 5.40. The fourth-order valence-corrected chi connectivity index (χ4v) is 4.98. The Kier molecular flexibility index (Phi) is 6.98. The Morgan fingerprint density at radius 2 is 1.03 bits per heavy atom. The zero-order valence-electron chi connectivity index (χ0n) is 19.7. The molecule has 1 heterocycles. The summed E-state index contributed by atoms with van der Waals surface area (Å²) < 4.78 is 17.3. The molecule has 3 aromatic rings. The molecule has 1 amide bonds. The predicted molar refractivity (Wildman–Crippen MR) is 132 cm³/mol. The number of carbonyl (C=O) groups is 3. The van der Waals surface area contributed by atoms with E-state index in [1.807, 2.05) is 30.3 Å². The highest BCUT2D eigenvalue weighted by Crippen LogP contribution is 2.39. The summed E-state index contributed by atoms with van der Waals surface area (Å²) in [5.74, 6) is -0.222. The number of fused-ring (bicyclic) bond motifs is 1. The van der Waals surface area contributed by atoms with Gasteiger partial charge in [-0.25, -0.2) is 14.4 Å². The number of amides is 1. The molecule has 1 saturated carbocycles. The van der Waals surface area contributed by atoms with Crippen LogP contribution in [0.25, 0.3) is 0 Å². The number of hydrogen-bond acceptors (Lipinski definition) is 6. The van der Waals surface area contributed by atoms with Gasteiger partial charge < -0.3 is 19.1 Å². The van der Waals surface area contributed by atoms with Crippen molar-refractivity contribution in [1.29, 1.82) is 0 Å². The van der Waals surface area contributed by atoms with Crippen LogP contribution in [0.1, 0.15) is 33.6 Å². The van der Waals surface area contributed by atoms with Gasteiger partial charge in [-0.1, -0.05) is 54.6 Å². The van der Waals surface area contributed by atoms with Gasteiger partial charge in [-0.2, -0.15) is 0 Å². The van der Waals surface area contributed by atoms with Crippen molar-refractivity contribution in [2.45, 2.75) is 25.0 Å². The number of hydrogen-bond donors (Lipinski definition) is 0. The van der Waals surface area contributed by atoms with Gasteiger partial charge in [0.15, 0.2) is 0 Å². The van der Waals surface area contributed by atoms with Crippen LogP contribution in [0, 0.1) is 11.8 Å². The van der Waals surface area contributed by atoms with Gasteiger partial charge in [0.2, 0.25) is 0 Å². The molecular formula is C29H27NO6. The zero-order chi connectivity index (χ0) is 24.9. The van der Waals surface area contributed by atoms with E-state index < -0.39 is 30.2 Å². The highest BCUT2D eigenvalue weighted by molar-refractivity contribution is 5.90. The van der Waals surface area contributed by atoms with Crippen molar-refractivity contribution < 1.29 is 28.6 Å². The van der Waals surface area contributed by atoms with Gasteiger partial charge in [-0.05, 0) is 61.1 Å². The normalized spacial score (nSPS) is 22.8. The average Bonchev–Trinajstić information content (AvgIpc) is 3.33. The minimum Gasteiger partial charge on any atom is -0.455 e. The summed E-state index contributed by atoms with van der Waals surface area (Å²) >= 11 is 0. The van der Waals surface area contributed by atoms with Crippen LogP contribution in [-0.4, -0.2) is 48.2 Å². The Balaban J connectivity index is 1.30. The van der Waals surface area contributed by atoms with E-state index in [-0.39, 0.29) is 11.8 Å². The fraction of sp³-hybridized carbons (Fsp3) is 0.276. The number of benzene rings is 3. The van der Waals surface area contributed by atoms with Crippen molar-refractivity contribution in [2.24, 2.45) is 11.8 Å². The molecule has 1 aliphatic carbocycles. The Labute approximate surface area is 209 Å². The number of rotatable bonds is 5. The number of carbonyl (C=O) groups excluding carboxylic acids is 3. The Bertz CT molecular complexity index is 1130. The summed E-state index contributed by atoms with van der Waals surface area (Å²) in [6, 6.07) is 26.4. The molecule has 3 aromatic carbocycles. The number of likely N-dealkylation sites (tertiary alicyclic amines) is 1. The molecule has 0 spiro atoms. The molecule has 0 radical (unpaired) electrons. The van der Waals surface area contributed by atoms with Crippen molar-refractivity contribution in [3.63, 3.8) is 0 Å². The minimum absolute atomic E-state index is 0.105. The number of esters is 2. The van der Waals surface area contributed by atoms with Gasteiger partial charge in [0.25, 0.3) is 0 Å². The lowest BCUT2D eigenvalue weighted by molar-refractivity contribution is -0.0683. The molecule has 7 nitrogen and oxygen atoms in total. The molecule has 7 heteroatoms. The Morgan fingerprint density at radius 1 is 0.611 bits per heavy atom. The number of nitrogens with zero attached hydrogens (tertiary/aromatic N) is 1. The first-order chi connectivity index (χ1) is 17.6. The quantitative estimate of drug-likeness (QED) is 0.474. The monoisotopic (exact) mass is 485 g/mol. The fourth-order valence-electron chi connectivity index (χ4n) is 4.98. The maximum atomic E-state index is 12.8. The summed E-state index contributed by atoms with van der Waals surface area (Å²) in [4.78, 5) is 40.1. The summed E-state index contributed by atoms with van der Waals surface area (Å²) in [6.07, 6.45) is -0.657.